The molecule has 1 fully saturated rings. The van der Waals surface area contributed by atoms with Crippen molar-refractivity contribution in [3.8, 4) is 0 Å². The van der Waals surface area contributed by atoms with Crippen molar-refractivity contribution in [2.24, 2.45) is 9.98 Å². The Kier molecular flexibility index (Phi) is 4.03. The van der Waals surface area contributed by atoms with Gasteiger partial charge in [0.2, 0.25) is 0 Å². The summed E-state index contributed by atoms with van der Waals surface area (Å²) in [7, 11) is 0. The second-order valence-electron chi connectivity index (χ2n) is 5.10. The van der Waals surface area contributed by atoms with Crippen molar-refractivity contribution in [2.45, 2.75) is 27.2 Å². The van der Waals surface area contributed by atoms with Crippen LogP contribution in [-0.4, -0.2) is 22.9 Å². The SMILES string of the molecule is CC1=Nc2ccc(C)cc2N=C(C)C1=C1SCCCS1. The standard InChI is InChI=1S/C16H18N2S2/c1-10-5-6-13-14(9-10)18-12(3)15(11(2)17-13)16-19-7-4-8-20-16/h5-6,9H,4,7-8H2,1-3H3. The third-order valence-electron chi connectivity index (χ3n) is 3.39. The number of thioether (sulfide) groups is 2. The predicted octanol–water partition coefficient (Wildman–Crippen LogP) is 5.28. The Morgan fingerprint density at radius 1 is 0.900 bits per heavy atom. The summed E-state index contributed by atoms with van der Waals surface area (Å²) in [5, 5.41) is 0. The van der Waals surface area contributed by atoms with Gasteiger partial charge in [-0.2, -0.15) is 0 Å². The summed E-state index contributed by atoms with van der Waals surface area (Å²) in [5.41, 5.74) is 6.62. The fourth-order valence-electron chi connectivity index (χ4n) is 2.42. The minimum absolute atomic E-state index is 0.980. The van der Waals surface area contributed by atoms with Crippen molar-refractivity contribution in [1.82, 2.24) is 0 Å². The molecule has 104 valence electrons. The first-order valence-electron chi connectivity index (χ1n) is 6.87. The molecule has 2 nitrogen and oxygen atoms in total. The number of hydrogen-bond donors (Lipinski definition) is 0. The Morgan fingerprint density at radius 2 is 1.55 bits per heavy atom. The molecule has 0 N–H and O–H groups in total. The molecule has 0 bridgehead atoms. The second-order valence-corrected chi connectivity index (χ2v) is 7.57. The maximum Gasteiger partial charge on any atom is 0.0892 e. The quantitative estimate of drug-likeness (QED) is 0.651. The zero-order chi connectivity index (χ0) is 14.1. The first-order valence-corrected chi connectivity index (χ1v) is 8.84. The van der Waals surface area contributed by atoms with E-state index in [-0.39, 0.29) is 0 Å². The van der Waals surface area contributed by atoms with Crippen LogP contribution in [0.15, 0.2) is 38.0 Å². The predicted molar refractivity (Wildman–Crippen MR) is 93.3 cm³/mol. The Labute approximate surface area is 128 Å². The van der Waals surface area contributed by atoms with E-state index < -0.39 is 0 Å². The summed E-state index contributed by atoms with van der Waals surface area (Å²) in [6, 6.07) is 6.28. The van der Waals surface area contributed by atoms with E-state index in [4.69, 9.17) is 9.98 Å². The summed E-state index contributed by atoms with van der Waals surface area (Å²) < 4.78 is 1.39. The maximum absolute atomic E-state index is 4.82. The minimum Gasteiger partial charge on any atom is -0.251 e. The monoisotopic (exact) mass is 302 g/mol. The number of aliphatic imine (C=N–C) groups is 2. The van der Waals surface area contributed by atoms with Crippen molar-refractivity contribution < 1.29 is 0 Å². The van der Waals surface area contributed by atoms with Crippen molar-refractivity contribution in [3.63, 3.8) is 0 Å². The molecule has 0 aromatic heterocycles. The van der Waals surface area contributed by atoms with E-state index in [0.717, 1.165) is 22.8 Å². The molecule has 0 unspecified atom stereocenters. The fraction of sp³-hybridized carbons (Fsp3) is 0.375. The maximum atomic E-state index is 4.82. The van der Waals surface area contributed by atoms with Crippen LogP contribution < -0.4 is 0 Å². The smallest absolute Gasteiger partial charge is 0.0892 e. The van der Waals surface area contributed by atoms with Crippen LogP contribution >= 0.6 is 23.5 Å². The van der Waals surface area contributed by atoms with Crippen LogP contribution in [0.1, 0.15) is 25.8 Å². The zero-order valence-electron chi connectivity index (χ0n) is 12.1. The molecule has 0 saturated carbocycles. The molecule has 2 heterocycles. The van der Waals surface area contributed by atoms with Gasteiger partial charge in [-0.3, -0.25) is 9.98 Å². The Bertz CT molecular complexity index is 634. The number of nitrogens with zero attached hydrogens (tertiary/aromatic N) is 2. The normalized spacial score (nSPS) is 19.1. The number of fused-ring (bicyclic) bond motifs is 1. The van der Waals surface area contributed by atoms with Crippen molar-refractivity contribution in [2.75, 3.05) is 11.5 Å². The Hall–Kier alpha value is -1.000. The van der Waals surface area contributed by atoms with Crippen LogP contribution in [0.2, 0.25) is 0 Å². The molecule has 0 aliphatic carbocycles. The lowest BCUT2D eigenvalue weighted by Crippen LogP contribution is -2.09. The van der Waals surface area contributed by atoms with Gasteiger partial charge in [-0.1, -0.05) is 6.07 Å². The topological polar surface area (TPSA) is 24.7 Å². The lowest BCUT2D eigenvalue weighted by atomic mass is 10.1. The van der Waals surface area contributed by atoms with Gasteiger partial charge in [0.25, 0.3) is 0 Å². The highest BCUT2D eigenvalue weighted by atomic mass is 32.2. The lowest BCUT2D eigenvalue weighted by Gasteiger charge is -2.17. The molecule has 2 aliphatic heterocycles. The first kappa shape index (κ1) is 14.0. The highest BCUT2D eigenvalue weighted by molar-refractivity contribution is 8.22. The minimum atomic E-state index is 0.980. The van der Waals surface area contributed by atoms with Crippen molar-refractivity contribution in [3.05, 3.63) is 33.6 Å². The van der Waals surface area contributed by atoms with Gasteiger partial charge < -0.3 is 0 Å². The van der Waals surface area contributed by atoms with Gasteiger partial charge in [0.1, 0.15) is 0 Å². The van der Waals surface area contributed by atoms with E-state index in [2.05, 4.69) is 39.0 Å². The molecule has 0 atom stereocenters. The Balaban J connectivity index is 2.14. The van der Waals surface area contributed by atoms with Gasteiger partial charge in [-0.25, -0.2) is 0 Å². The molecule has 3 rings (SSSR count). The number of hydrogen-bond acceptors (Lipinski definition) is 4. The van der Waals surface area contributed by atoms with E-state index in [1.165, 1.54) is 33.3 Å². The third-order valence-corrected chi connectivity index (χ3v) is 6.02. The molecule has 1 saturated heterocycles. The van der Waals surface area contributed by atoms with Crippen LogP contribution in [0.25, 0.3) is 0 Å². The number of aryl methyl sites for hydroxylation is 1. The number of rotatable bonds is 0. The van der Waals surface area contributed by atoms with Crippen LogP contribution in [0, 0.1) is 6.92 Å². The van der Waals surface area contributed by atoms with Gasteiger partial charge in [0.05, 0.1) is 15.6 Å². The molecular formula is C16H18N2S2. The summed E-state index contributed by atoms with van der Waals surface area (Å²) in [4.78, 5) is 9.63. The molecule has 20 heavy (non-hydrogen) atoms. The largest absolute Gasteiger partial charge is 0.251 e. The van der Waals surface area contributed by atoms with Crippen molar-refractivity contribution >= 4 is 46.3 Å². The Morgan fingerprint density at radius 3 is 2.25 bits per heavy atom. The average Bonchev–Trinajstić information content (AvgIpc) is 2.54. The molecule has 0 amide bonds. The second kappa shape index (κ2) is 5.78. The summed E-state index contributed by atoms with van der Waals surface area (Å²) in [5.74, 6) is 2.41. The van der Waals surface area contributed by atoms with Gasteiger partial charge in [-0.15, -0.1) is 23.5 Å². The van der Waals surface area contributed by atoms with E-state index in [0.29, 0.717) is 0 Å². The molecule has 1 aromatic carbocycles. The fourth-order valence-corrected chi connectivity index (χ4v) is 5.27. The van der Waals surface area contributed by atoms with Gasteiger partial charge in [0, 0.05) is 17.0 Å². The molecule has 2 aliphatic rings. The van der Waals surface area contributed by atoms with Gasteiger partial charge in [-0.05, 0) is 56.4 Å². The van der Waals surface area contributed by atoms with E-state index in [1.807, 2.05) is 23.5 Å². The molecule has 4 heteroatoms. The number of benzene rings is 1. The average molecular weight is 302 g/mol. The zero-order valence-corrected chi connectivity index (χ0v) is 13.7. The van der Waals surface area contributed by atoms with Crippen LogP contribution in [0.3, 0.4) is 0 Å². The first-order chi connectivity index (χ1) is 9.65. The molecular weight excluding hydrogens is 284 g/mol. The highest BCUT2D eigenvalue weighted by Gasteiger charge is 2.20. The van der Waals surface area contributed by atoms with Crippen LogP contribution in [0.4, 0.5) is 11.4 Å². The van der Waals surface area contributed by atoms with Gasteiger partial charge in [0.15, 0.2) is 0 Å². The third kappa shape index (κ3) is 2.72. The summed E-state index contributed by atoms with van der Waals surface area (Å²) in [6.07, 6.45) is 1.29. The molecule has 0 spiro atoms. The summed E-state index contributed by atoms with van der Waals surface area (Å²) in [6.45, 7) is 6.30. The summed E-state index contributed by atoms with van der Waals surface area (Å²) >= 11 is 3.90. The number of allylic oxidation sites excluding steroid dienone is 1. The molecule has 1 aromatic rings. The van der Waals surface area contributed by atoms with E-state index in [9.17, 15) is 0 Å². The molecule has 0 radical (unpaired) electrons. The van der Waals surface area contributed by atoms with E-state index in [1.54, 1.807) is 0 Å². The van der Waals surface area contributed by atoms with Crippen molar-refractivity contribution in [1.29, 1.82) is 0 Å². The van der Waals surface area contributed by atoms with Crippen LogP contribution in [-0.2, 0) is 0 Å². The highest BCUT2D eigenvalue weighted by Crippen LogP contribution is 2.40. The van der Waals surface area contributed by atoms with E-state index >= 15 is 0 Å². The van der Waals surface area contributed by atoms with Crippen LogP contribution in [0.5, 0.6) is 0 Å². The lowest BCUT2D eigenvalue weighted by molar-refractivity contribution is 1.12. The van der Waals surface area contributed by atoms with Gasteiger partial charge >= 0.3 is 0 Å².